The number of nitrogen functional groups attached to an aromatic ring is 1. The molecule has 0 amide bonds. The third kappa shape index (κ3) is 0.937. The van der Waals surface area contributed by atoms with Gasteiger partial charge in [0.05, 0.1) is 4.70 Å². The van der Waals surface area contributed by atoms with Crippen LogP contribution in [0.4, 0.5) is 13.9 Å². The Balaban J connectivity index is 2.93. The van der Waals surface area contributed by atoms with E-state index in [9.17, 15) is 8.78 Å². The molecular formula is C7H4F2N2S. The predicted molar refractivity (Wildman–Crippen MR) is 43.9 cm³/mol. The van der Waals surface area contributed by atoms with Gasteiger partial charge in [-0.1, -0.05) is 11.3 Å². The van der Waals surface area contributed by atoms with Crippen LogP contribution >= 0.6 is 11.3 Å². The van der Waals surface area contributed by atoms with Crippen molar-refractivity contribution in [2.75, 3.05) is 5.73 Å². The number of thiazole rings is 1. The first-order chi connectivity index (χ1) is 5.68. The van der Waals surface area contributed by atoms with Gasteiger partial charge in [0, 0.05) is 0 Å². The highest BCUT2D eigenvalue weighted by Gasteiger charge is 2.10. The van der Waals surface area contributed by atoms with Gasteiger partial charge in [0.15, 0.2) is 10.9 Å². The highest BCUT2D eigenvalue weighted by atomic mass is 32.1. The summed E-state index contributed by atoms with van der Waals surface area (Å²) in [6.07, 6.45) is 0. The summed E-state index contributed by atoms with van der Waals surface area (Å²) in [6.45, 7) is 0. The first-order valence-electron chi connectivity index (χ1n) is 3.18. The first kappa shape index (κ1) is 7.42. The number of nitrogens with zero attached hydrogens (tertiary/aromatic N) is 1. The molecule has 5 heteroatoms. The van der Waals surface area contributed by atoms with E-state index in [1.807, 2.05) is 0 Å². The molecule has 1 heterocycles. The van der Waals surface area contributed by atoms with Crippen LogP contribution in [0, 0.1) is 11.6 Å². The van der Waals surface area contributed by atoms with Crippen molar-refractivity contribution in [1.82, 2.24) is 4.98 Å². The molecule has 0 atom stereocenters. The van der Waals surface area contributed by atoms with E-state index in [1.165, 1.54) is 0 Å². The first-order valence-corrected chi connectivity index (χ1v) is 4.00. The normalized spacial score (nSPS) is 10.8. The van der Waals surface area contributed by atoms with Gasteiger partial charge in [-0.15, -0.1) is 0 Å². The topological polar surface area (TPSA) is 38.9 Å². The second-order valence-corrected chi connectivity index (χ2v) is 3.29. The minimum atomic E-state index is -0.542. The summed E-state index contributed by atoms with van der Waals surface area (Å²) in [5, 5.41) is 0.175. The number of rotatable bonds is 0. The van der Waals surface area contributed by atoms with Crippen LogP contribution in [0.2, 0.25) is 0 Å². The second-order valence-electron chi connectivity index (χ2n) is 2.26. The number of benzene rings is 1. The van der Waals surface area contributed by atoms with Crippen LogP contribution in [0.25, 0.3) is 10.2 Å². The molecule has 0 aliphatic rings. The predicted octanol–water partition coefficient (Wildman–Crippen LogP) is 2.16. The Morgan fingerprint density at radius 2 is 1.92 bits per heavy atom. The Hall–Kier alpha value is -1.23. The van der Waals surface area contributed by atoms with Crippen molar-refractivity contribution in [3.05, 3.63) is 23.8 Å². The van der Waals surface area contributed by atoms with E-state index < -0.39 is 11.6 Å². The maximum atomic E-state index is 12.9. The van der Waals surface area contributed by atoms with E-state index in [-0.39, 0.29) is 15.3 Å². The van der Waals surface area contributed by atoms with Crippen molar-refractivity contribution in [1.29, 1.82) is 0 Å². The lowest BCUT2D eigenvalue weighted by molar-refractivity contribution is 0.617. The summed E-state index contributed by atoms with van der Waals surface area (Å²) in [5.74, 6) is -1.03. The molecule has 0 aliphatic heterocycles. The van der Waals surface area contributed by atoms with Gasteiger partial charge < -0.3 is 5.73 Å². The summed E-state index contributed by atoms with van der Waals surface area (Å²) in [7, 11) is 0. The van der Waals surface area contributed by atoms with Crippen LogP contribution in [-0.2, 0) is 0 Å². The van der Waals surface area contributed by atoms with E-state index >= 15 is 0 Å². The zero-order valence-corrected chi connectivity index (χ0v) is 6.66. The molecule has 2 aromatic rings. The number of halogens is 2. The molecule has 0 saturated carbocycles. The smallest absolute Gasteiger partial charge is 0.181 e. The van der Waals surface area contributed by atoms with Crippen molar-refractivity contribution in [2.45, 2.75) is 0 Å². The third-order valence-electron chi connectivity index (χ3n) is 1.46. The van der Waals surface area contributed by atoms with Crippen molar-refractivity contribution in [3.8, 4) is 0 Å². The Bertz CT molecular complexity index is 399. The largest absolute Gasteiger partial charge is 0.375 e. The molecule has 62 valence electrons. The molecule has 1 aromatic carbocycles. The Kier molecular flexibility index (Phi) is 1.47. The summed E-state index contributed by atoms with van der Waals surface area (Å²) in [5.41, 5.74) is 5.31. The average molecular weight is 186 g/mol. The molecule has 0 bridgehead atoms. The quantitative estimate of drug-likeness (QED) is 0.684. The molecule has 0 unspecified atom stereocenters. The van der Waals surface area contributed by atoms with Crippen molar-refractivity contribution >= 4 is 26.7 Å². The lowest BCUT2D eigenvalue weighted by atomic mass is 10.3. The molecule has 2 rings (SSSR count). The lowest BCUT2D eigenvalue weighted by Crippen LogP contribution is -1.82. The van der Waals surface area contributed by atoms with Gasteiger partial charge in [-0.3, -0.25) is 0 Å². The Morgan fingerprint density at radius 3 is 2.58 bits per heavy atom. The standard InChI is InChI=1S/C7H4F2N2S/c8-3-1-2-4(9)6-5(3)11-7(10)12-6/h1-2H,(H2,10,11). The van der Waals surface area contributed by atoms with Crippen LogP contribution in [0.3, 0.4) is 0 Å². The number of nitrogens with two attached hydrogens (primary N) is 1. The molecule has 0 radical (unpaired) electrons. The molecule has 0 spiro atoms. The zero-order chi connectivity index (χ0) is 8.72. The van der Waals surface area contributed by atoms with E-state index in [0.717, 1.165) is 23.5 Å². The van der Waals surface area contributed by atoms with Crippen LogP contribution in [0.5, 0.6) is 0 Å². The van der Waals surface area contributed by atoms with Crippen LogP contribution < -0.4 is 5.73 Å². The Labute approximate surface area is 70.6 Å². The van der Waals surface area contributed by atoms with Gasteiger partial charge >= 0.3 is 0 Å². The van der Waals surface area contributed by atoms with Crippen LogP contribution in [0.15, 0.2) is 12.1 Å². The van der Waals surface area contributed by atoms with Gasteiger partial charge in [-0.05, 0) is 12.1 Å². The van der Waals surface area contributed by atoms with Crippen LogP contribution in [0.1, 0.15) is 0 Å². The molecule has 1 aromatic heterocycles. The highest BCUT2D eigenvalue weighted by Crippen LogP contribution is 2.27. The third-order valence-corrected chi connectivity index (χ3v) is 2.36. The van der Waals surface area contributed by atoms with Crippen molar-refractivity contribution < 1.29 is 8.78 Å². The maximum absolute atomic E-state index is 12.9. The van der Waals surface area contributed by atoms with E-state index in [2.05, 4.69) is 4.98 Å². The Morgan fingerprint density at radius 1 is 1.25 bits per heavy atom. The maximum Gasteiger partial charge on any atom is 0.181 e. The molecule has 0 fully saturated rings. The number of hydrogen-bond donors (Lipinski definition) is 1. The molecule has 2 nitrogen and oxygen atoms in total. The number of aromatic nitrogens is 1. The van der Waals surface area contributed by atoms with E-state index in [0.29, 0.717) is 0 Å². The second kappa shape index (κ2) is 2.38. The van der Waals surface area contributed by atoms with Gasteiger partial charge in [0.2, 0.25) is 0 Å². The number of hydrogen-bond acceptors (Lipinski definition) is 3. The van der Waals surface area contributed by atoms with E-state index in [1.54, 1.807) is 0 Å². The molecule has 0 saturated heterocycles. The zero-order valence-electron chi connectivity index (χ0n) is 5.84. The van der Waals surface area contributed by atoms with Gasteiger partial charge in [-0.25, -0.2) is 13.8 Å². The SMILES string of the molecule is Nc1nc2c(F)ccc(F)c2s1. The molecule has 2 N–H and O–H groups in total. The number of anilines is 1. The number of fused-ring (bicyclic) bond motifs is 1. The average Bonchev–Trinajstić information content (AvgIpc) is 2.41. The molecular weight excluding hydrogens is 182 g/mol. The highest BCUT2D eigenvalue weighted by molar-refractivity contribution is 7.22. The minimum Gasteiger partial charge on any atom is -0.375 e. The van der Waals surface area contributed by atoms with Crippen molar-refractivity contribution in [3.63, 3.8) is 0 Å². The van der Waals surface area contributed by atoms with Crippen molar-refractivity contribution in [2.24, 2.45) is 0 Å². The fourth-order valence-electron chi connectivity index (χ4n) is 0.961. The fourth-order valence-corrected chi connectivity index (χ4v) is 1.71. The molecule has 0 aliphatic carbocycles. The summed E-state index contributed by atoms with van der Waals surface area (Å²) >= 11 is 0.945. The van der Waals surface area contributed by atoms with Crippen LogP contribution in [-0.4, -0.2) is 4.98 Å². The fraction of sp³-hybridized carbons (Fsp3) is 0. The summed E-state index contributed by atoms with van der Waals surface area (Å²) in [6, 6.07) is 2.10. The lowest BCUT2D eigenvalue weighted by Gasteiger charge is -1.90. The van der Waals surface area contributed by atoms with E-state index in [4.69, 9.17) is 5.73 Å². The van der Waals surface area contributed by atoms with Gasteiger partial charge in [0.25, 0.3) is 0 Å². The summed E-state index contributed by atoms with van der Waals surface area (Å²) < 4.78 is 26.0. The van der Waals surface area contributed by atoms with Gasteiger partial charge in [-0.2, -0.15) is 0 Å². The van der Waals surface area contributed by atoms with Gasteiger partial charge in [0.1, 0.15) is 11.3 Å². The summed E-state index contributed by atoms with van der Waals surface area (Å²) in [4.78, 5) is 3.65. The molecule has 12 heavy (non-hydrogen) atoms. The minimum absolute atomic E-state index is 0.0116. The monoisotopic (exact) mass is 186 g/mol.